The van der Waals surface area contributed by atoms with Gasteiger partial charge in [-0.05, 0) is 48.9 Å². The van der Waals surface area contributed by atoms with E-state index in [2.05, 4.69) is 41.5 Å². The molecule has 2 N–H and O–H groups in total. The van der Waals surface area contributed by atoms with Gasteiger partial charge in [-0.25, -0.2) is 0 Å². The molecule has 0 aromatic rings. The molecule has 168 valence electrons. The lowest BCUT2D eigenvalue weighted by Crippen LogP contribution is -2.67. The highest BCUT2D eigenvalue weighted by Crippen LogP contribution is 2.61. The molecule has 0 bridgehead atoms. The fraction of sp³-hybridized carbons (Fsp3) is 1.00. The average molecular weight is 394 g/mol. The van der Waals surface area contributed by atoms with Crippen molar-refractivity contribution in [1.82, 2.24) is 0 Å². The summed E-state index contributed by atoms with van der Waals surface area (Å²) in [6.07, 6.45) is 21.6. The van der Waals surface area contributed by atoms with Crippen LogP contribution in [0.3, 0.4) is 0 Å². The number of hydrogen-bond acceptors (Lipinski definition) is 1. The Morgan fingerprint density at radius 3 is 1.21 bits per heavy atom. The quantitative estimate of drug-likeness (QED) is 0.295. The van der Waals surface area contributed by atoms with E-state index in [9.17, 15) is 0 Å². The number of hydrogen-bond donors (Lipinski definition) is 1. The van der Waals surface area contributed by atoms with Crippen molar-refractivity contribution in [2.45, 2.75) is 150 Å². The van der Waals surface area contributed by atoms with E-state index in [1.54, 1.807) is 0 Å². The van der Waals surface area contributed by atoms with Gasteiger partial charge in [0.25, 0.3) is 0 Å². The van der Waals surface area contributed by atoms with Crippen LogP contribution >= 0.6 is 0 Å². The summed E-state index contributed by atoms with van der Waals surface area (Å²) >= 11 is 0. The van der Waals surface area contributed by atoms with Gasteiger partial charge in [-0.1, -0.05) is 119 Å². The Balaban J connectivity index is 3.58. The van der Waals surface area contributed by atoms with Gasteiger partial charge in [0.1, 0.15) is 0 Å². The van der Waals surface area contributed by atoms with E-state index in [0.717, 1.165) is 17.8 Å². The lowest BCUT2D eigenvalue weighted by Gasteiger charge is -2.63. The molecule has 0 radical (unpaired) electrons. The Hall–Kier alpha value is -0.0400. The summed E-state index contributed by atoms with van der Waals surface area (Å²) in [5, 5.41) is 0. The van der Waals surface area contributed by atoms with Crippen LogP contribution in [0.2, 0.25) is 0 Å². The third-order valence-electron chi connectivity index (χ3n) is 8.31. The van der Waals surface area contributed by atoms with Crippen LogP contribution in [0.1, 0.15) is 144 Å². The Bertz CT molecular complexity index is 356. The summed E-state index contributed by atoms with van der Waals surface area (Å²) in [4.78, 5) is 0. The molecule has 1 unspecified atom stereocenters. The standard InChI is InChI=1S/C27H55N/c1-7-15-23(16-8-2)26(24(17-9-3)18-10-4)21-13-14-22-27(26,28)25(19-11-5)20-12-6/h23-25H,7-22,28H2,1-6H3. The lowest BCUT2D eigenvalue weighted by molar-refractivity contribution is -0.0983. The van der Waals surface area contributed by atoms with Crippen LogP contribution in [0.15, 0.2) is 0 Å². The first-order valence-corrected chi connectivity index (χ1v) is 13.3. The molecule has 0 spiro atoms. The van der Waals surface area contributed by atoms with Gasteiger partial charge in [0, 0.05) is 5.54 Å². The molecular weight excluding hydrogens is 338 g/mol. The zero-order chi connectivity index (χ0) is 21.0. The minimum absolute atomic E-state index is 0.0568. The predicted octanol–water partition coefficient (Wildman–Crippen LogP) is 8.89. The Morgan fingerprint density at radius 2 is 0.857 bits per heavy atom. The second kappa shape index (κ2) is 13.3. The molecule has 0 aromatic carbocycles. The third kappa shape index (κ3) is 5.55. The number of nitrogens with two attached hydrogens (primary N) is 1. The molecule has 0 heterocycles. The van der Waals surface area contributed by atoms with Crippen LogP contribution < -0.4 is 5.73 Å². The van der Waals surface area contributed by atoms with Gasteiger partial charge in [0.05, 0.1) is 0 Å². The maximum atomic E-state index is 7.78. The maximum absolute atomic E-state index is 7.78. The Kier molecular flexibility index (Phi) is 12.3. The number of rotatable bonds is 15. The molecule has 1 fully saturated rings. The van der Waals surface area contributed by atoms with Crippen LogP contribution in [-0.4, -0.2) is 5.54 Å². The van der Waals surface area contributed by atoms with Crippen molar-refractivity contribution >= 4 is 0 Å². The second-order valence-electron chi connectivity index (χ2n) is 10.1. The highest BCUT2D eigenvalue weighted by Gasteiger charge is 2.59. The molecule has 0 saturated heterocycles. The van der Waals surface area contributed by atoms with Gasteiger partial charge in [0.15, 0.2) is 0 Å². The summed E-state index contributed by atoms with van der Waals surface area (Å²) in [5.74, 6) is 2.37. The largest absolute Gasteiger partial charge is 0.324 e. The molecule has 0 amide bonds. The molecular formula is C27H55N. The fourth-order valence-electron chi connectivity index (χ4n) is 7.46. The van der Waals surface area contributed by atoms with Gasteiger partial charge in [-0.15, -0.1) is 0 Å². The zero-order valence-electron chi connectivity index (χ0n) is 20.6. The van der Waals surface area contributed by atoms with Crippen LogP contribution in [0.5, 0.6) is 0 Å². The summed E-state index contributed by atoms with van der Waals surface area (Å²) in [7, 11) is 0. The van der Waals surface area contributed by atoms with Gasteiger partial charge in [-0.2, -0.15) is 0 Å². The van der Waals surface area contributed by atoms with Crippen LogP contribution in [0, 0.1) is 23.2 Å². The van der Waals surface area contributed by atoms with Crippen molar-refractivity contribution in [3.8, 4) is 0 Å². The normalized spacial score (nSPS) is 22.5. The average Bonchev–Trinajstić information content (AvgIpc) is 2.68. The topological polar surface area (TPSA) is 26.0 Å². The van der Waals surface area contributed by atoms with E-state index in [-0.39, 0.29) is 5.54 Å². The Morgan fingerprint density at radius 1 is 0.536 bits per heavy atom. The molecule has 1 rings (SSSR count). The van der Waals surface area contributed by atoms with E-state index in [1.165, 1.54) is 103 Å². The summed E-state index contributed by atoms with van der Waals surface area (Å²) in [5.41, 5.74) is 8.21. The molecule has 1 atom stereocenters. The van der Waals surface area contributed by atoms with Crippen molar-refractivity contribution in [2.24, 2.45) is 28.9 Å². The monoisotopic (exact) mass is 393 g/mol. The molecule has 1 heteroatoms. The van der Waals surface area contributed by atoms with E-state index in [1.807, 2.05) is 0 Å². The molecule has 0 aliphatic heterocycles. The first kappa shape index (κ1) is 26.0. The summed E-state index contributed by atoms with van der Waals surface area (Å²) < 4.78 is 0. The minimum Gasteiger partial charge on any atom is -0.324 e. The maximum Gasteiger partial charge on any atom is 0.0245 e. The van der Waals surface area contributed by atoms with E-state index < -0.39 is 0 Å². The predicted molar refractivity (Wildman–Crippen MR) is 128 cm³/mol. The minimum atomic E-state index is 0.0568. The SMILES string of the molecule is CCCC(CCC)C1(N)CCCCC1(C(CCC)CCC)C(CCC)CCC. The van der Waals surface area contributed by atoms with E-state index in [0.29, 0.717) is 5.41 Å². The van der Waals surface area contributed by atoms with Crippen molar-refractivity contribution in [2.75, 3.05) is 0 Å². The third-order valence-corrected chi connectivity index (χ3v) is 8.31. The smallest absolute Gasteiger partial charge is 0.0245 e. The van der Waals surface area contributed by atoms with Crippen LogP contribution in [-0.2, 0) is 0 Å². The second-order valence-corrected chi connectivity index (χ2v) is 10.1. The lowest BCUT2D eigenvalue weighted by atomic mass is 9.44. The highest BCUT2D eigenvalue weighted by atomic mass is 14.9. The fourth-order valence-corrected chi connectivity index (χ4v) is 7.46. The van der Waals surface area contributed by atoms with Crippen molar-refractivity contribution in [1.29, 1.82) is 0 Å². The molecule has 28 heavy (non-hydrogen) atoms. The summed E-state index contributed by atoms with van der Waals surface area (Å²) in [6.45, 7) is 14.4. The zero-order valence-corrected chi connectivity index (χ0v) is 20.6. The van der Waals surface area contributed by atoms with Gasteiger partial charge < -0.3 is 5.73 Å². The summed E-state index contributed by atoms with van der Waals surface area (Å²) in [6, 6.07) is 0. The first-order valence-electron chi connectivity index (χ1n) is 13.3. The van der Waals surface area contributed by atoms with Crippen molar-refractivity contribution < 1.29 is 0 Å². The molecule has 0 aromatic heterocycles. The van der Waals surface area contributed by atoms with E-state index >= 15 is 0 Å². The van der Waals surface area contributed by atoms with Crippen LogP contribution in [0.25, 0.3) is 0 Å². The Labute approximate surface area is 179 Å². The van der Waals surface area contributed by atoms with Gasteiger partial charge in [-0.3, -0.25) is 0 Å². The van der Waals surface area contributed by atoms with Crippen LogP contribution in [0.4, 0.5) is 0 Å². The van der Waals surface area contributed by atoms with Gasteiger partial charge >= 0.3 is 0 Å². The van der Waals surface area contributed by atoms with Gasteiger partial charge in [0.2, 0.25) is 0 Å². The first-order chi connectivity index (χ1) is 13.5. The highest BCUT2D eigenvalue weighted by molar-refractivity contribution is 5.13. The molecule has 1 aliphatic rings. The van der Waals surface area contributed by atoms with Crippen molar-refractivity contribution in [3.05, 3.63) is 0 Å². The molecule has 1 nitrogen and oxygen atoms in total. The van der Waals surface area contributed by atoms with Crippen molar-refractivity contribution in [3.63, 3.8) is 0 Å². The molecule has 1 aliphatic carbocycles. The van der Waals surface area contributed by atoms with E-state index in [4.69, 9.17) is 5.73 Å². The molecule has 1 saturated carbocycles.